The number of benzene rings is 1. The Kier molecular flexibility index (Phi) is 4.84. The van der Waals surface area contributed by atoms with E-state index in [9.17, 15) is 9.59 Å². The van der Waals surface area contributed by atoms with E-state index in [1.807, 2.05) is 31.2 Å². The number of ether oxygens (including phenoxy) is 1. The lowest BCUT2D eigenvalue weighted by Crippen LogP contribution is -2.43. The summed E-state index contributed by atoms with van der Waals surface area (Å²) in [7, 11) is 0. The van der Waals surface area contributed by atoms with Gasteiger partial charge in [0.05, 0.1) is 13.0 Å². The van der Waals surface area contributed by atoms with Crippen LogP contribution in [-0.4, -0.2) is 35.4 Å². The van der Waals surface area contributed by atoms with E-state index in [1.54, 1.807) is 0 Å². The molecule has 5 nitrogen and oxygen atoms in total. The lowest BCUT2D eigenvalue weighted by molar-refractivity contribution is -0.141. The maximum absolute atomic E-state index is 12.6. The van der Waals surface area contributed by atoms with E-state index in [4.69, 9.17) is 4.74 Å². The van der Waals surface area contributed by atoms with Crippen molar-refractivity contribution >= 4 is 17.5 Å². The summed E-state index contributed by atoms with van der Waals surface area (Å²) in [6, 6.07) is 7.16. The van der Waals surface area contributed by atoms with Crippen LogP contribution < -0.4 is 10.1 Å². The normalized spacial score (nSPS) is 22.5. The van der Waals surface area contributed by atoms with E-state index in [-0.39, 0.29) is 24.3 Å². The predicted molar refractivity (Wildman–Crippen MR) is 88.4 cm³/mol. The predicted octanol–water partition coefficient (Wildman–Crippen LogP) is 2.96. The molecule has 2 fully saturated rings. The third kappa shape index (κ3) is 3.49. The molecule has 2 aliphatic rings. The highest BCUT2D eigenvalue weighted by Crippen LogP contribution is 2.28. The summed E-state index contributed by atoms with van der Waals surface area (Å²) in [5.74, 6) is 0.692. The van der Waals surface area contributed by atoms with Crippen LogP contribution >= 0.6 is 0 Å². The molecule has 1 unspecified atom stereocenters. The number of nitrogens with zero attached hydrogens (tertiary/aromatic N) is 1. The van der Waals surface area contributed by atoms with Crippen molar-refractivity contribution in [2.45, 2.75) is 57.5 Å². The second-order valence-corrected chi connectivity index (χ2v) is 6.25. The second kappa shape index (κ2) is 7.02. The van der Waals surface area contributed by atoms with E-state index in [1.165, 1.54) is 11.3 Å². The largest absolute Gasteiger partial charge is 0.494 e. The minimum atomic E-state index is -0.442. The lowest BCUT2D eigenvalue weighted by atomic mass is 9.94. The first-order valence-corrected chi connectivity index (χ1v) is 8.54. The van der Waals surface area contributed by atoms with Crippen LogP contribution in [0.4, 0.5) is 5.69 Å². The SMILES string of the molecule is CCOc1ccc(NC2CC(=O)N(C3CCCCC3)C2=O)cc1. The average Bonchev–Trinajstić information content (AvgIpc) is 2.84. The topological polar surface area (TPSA) is 58.6 Å². The van der Waals surface area contributed by atoms with E-state index >= 15 is 0 Å². The number of carbonyl (C=O) groups excluding carboxylic acids is 2. The van der Waals surface area contributed by atoms with Gasteiger partial charge in [-0.2, -0.15) is 0 Å². The molecule has 5 heteroatoms. The molecule has 1 aliphatic carbocycles. The maximum Gasteiger partial charge on any atom is 0.252 e. The van der Waals surface area contributed by atoms with E-state index in [2.05, 4.69) is 5.32 Å². The number of imide groups is 1. The fraction of sp³-hybridized carbons (Fsp3) is 0.556. The molecular formula is C18H24N2O3. The third-order valence-corrected chi connectivity index (χ3v) is 4.63. The van der Waals surface area contributed by atoms with Gasteiger partial charge in [0.15, 0.2) is 0 Å². The van der Waals surface area contributed by atoms with Crippen LogP contribution in [0.15, 0.2) is 24.3 Å². The molecule has 0 radical (unpaired) electrons. The first-order chi connectivity index (χ1) is 11.2. The van der Waals surface area contributed by atoms with Crippen molar-refractivity contribution in [2.24, 2.45) is 0 Å². The zero-order chi connectivity index (χ0) is 16.2. The fourth-order valence-corrected chi connectivity index (χ4v) is 3.50. The molecule has 1 saturated heterocycles. The van der Waals surface area contributed by atoms with Crippen LogP contribution in [0.25, 0.3) is 0 Å². The summed E-state index contributed by atoms with van der Waals surface area (Å²) in [6.07, 6.45) is 5.58. The van der Waals surface area contributed by atoms with Gasteiger partial charge in [-0.3, -0.25) is 14.5 Å². The minimum Gasteiger partial charge on any atom is -0.494 e. The zero-order valence-electron chi connectivity index (χ0n) is 13.6. The highest BCUT2D eigenvalue weighted by Gasteiger charge is 2.42. The monoisotopic (exact) mass is 316 g/mol. The van der Waals surface area contributed by atoms with Crippen LogP contribution in [0, 0.1) is 0 Å². The smallest absolute Gasteiger partial charge is 0.252 e. The first-order valence-electron chi connectivity index (χ1n) is 8.54. The number of hydrogen-bond donors (Lipinski definition) is 1. The lowest BCUT2D eigenvalue weighted by Gasteiger charge is -2.29. The summed E-state index contributed by atoms with van der Waals surface area (Å²) in [6.45, 7) is 2.56. The van der Waals surface area contributed by atoms with Crippen LogP contribution in [0.1, 0.15) is 45.4 Å². The highest BCUT2D eigenvalue weighted by molar-refractivity contribution is 6.07. The van der Waals surface area contributed by atoms with Crippen LogP contribution in [0.2, 0.25) is 0 Å². The molecule has 124 valence electrons. The summed E-state index contributed by atoms with van der Waals surface area (Å²) >= 11 is 0. The molecule has 23 heavy (non-hydrogen) atoms. The highest BCUT2D eigenvalue weighted by atomic mass is 16.5. The number of likely N-dealkylation sites (tertiary alicyclic amines) is 1. The molecular weight excluding hydrogens is 292 g/mol. The number of anilines is 1. The van der Waals surface area contributed by atoms with E-state index < -0.39 is 6.04 Å². The summed E-state index contributed by atoms with van der Waals surface area (Å²) in [5.41, 5.74) is 0.838. The zero-order valence-corrected chi connectivity index (χ0v) is 13.6. The van der Waals surface area contributed by atoms with E-state index in [0.29, 0.717) is 6.61 Å². The molecule has 2 amide bonds. The van der Waals surface area contributed by atoms with Gasteiger partial charge in [0.1, 0.15) is 11.8 Å². The quantitative estimate of drug-likeness (QED) is 0.849. The Morgan fingerprint density at radius 3 is 2.48 bits per heavy atom. The number of carbonyl (C=O) groups is 2. The van der Waals surface area contributed by atoms with Crippen LogP contribution in [0.5, 0.6) is 5.75 Å². The average molecular weight is 316 g/mol. The van der Waals surface area contributed by atoms with E-state index in [0.717, 1.165) is 37.1 Å². The van der Waals surface area contributed by atoms with Gasteiger partial charge < -0.3 is 10.1 Å². The van der Waals surface area contributed by atoms with Crippen molar-refractivity contribution in [3.63, 3.8) is 0 Å². The van der Waals surface area contributed by atoms with Gasteiger partial charge >= 0.3 is 0 Å². The van der Waals surface area contributed by atoms with Gasteiger partial charge in [-0.05, 0) is 44.0 Å². The molecule has 3 rings (SSSR count). The number of nitrogens with one attached hydrogen (secondary N) is 1. The fourth-order valence-electron chi connectivity index (χ4n) is 3.50. The standard InChI is InChI=1S/C18H24N2O3/c1-2-23-15-10-8-13(9-11-15)19-16-12-17(21)20(18(16)22)14-6-4-3-5-7-14/h8-11,14,16,19H,2-7,12H2,1H3. The van der Waals surface area contributed by atoms with Crippen molar-refractivity contribution in [2.75, 3.05) is 11.9 Å². The van der Waals surface area contributed by atoms with Gasteiger partial charge in [-0.25, -0.2) is 0 Å². The molecule has 0 bridgehead atoms. The van der Waals surface area contributed by atoms with Gasteiger partial charge in [0.25, 0.3) is 5.91 Å². The Hall–Kier alpha value is -2.04. The molecule has 1 saturated carbocycles. The molecule has 0 aromatic heterocycles. The summed E-state index contributed by atoms with van der Waals surface area (Å²) in [5, 5.41) is 3.19. The van der Waals surface area contributed by atoms with Crippen LogP contribution in [0.3, 0.4) is 0 Å². The van der Waals surface area contributed by atoms with Gasteiger partial charge in [-0.15, -0.1) is 0 Å². The number of hydrogen-bond acceptors (Lipinski definition) is 4. The number of rotatable bonds is 5. The van der Waals surface area contributed by atoms with Gasteiger partial charge in [0.2, 0.25) is 5.91 Å². The Morgan fingerprint density at radius 1 is 1.13 bits per heavy atom. The Morgan fingerprint density at radius 2 is 1.83 bits per heavy atom. The van der Waals surface area contributed by atoms with Crippen molar-refractivity contribution in [3.8, 4) is 5.75 Å². The minimum absolute atomic E-state index is 0.0367. The van der Waals surface area contributed by atoms with Crippen molar-refractivity contribution in [1.82, 2.24) is 4.90 Å². The third-order valence-electron chi connectivity index (χ3n) is 4.63. The summed E-state index contributed by atoms with van der Waals surface area (Å²) in [4.78, 5) is 26.4. The van der Waals surface area contributed by atoms with Gasteiger partial charge in [-0.1, -0.05) is 19.3 Å². The second-order valence-electron chi connectivity index (χ2n) is 6.25. The molecule has 1 N–H and O–H groups in total. The Labute approximate surface area is 137 Å². The Bertz CT molecular complexity index is 564. The Balaban J connectivity index is 1.64. The first kappa shape index (κ1) is 15.8. The van der Waals surface area contributed by atoms with Crippen molar-refractivity contribution in [1.29, 1.82) is 0 Å². The molecule has 0 spiro atoms. The molecule has 1 heterocycles. The molecule has 1 atom stereocenters. The maximum atomic E-state index is 12.6. The molecule has 1 aromatic rings. The van der Waals surface area contributed by atoms with Crippen molar-refractivity contribution in [3.05, 3.63) is 24.3 Å². The molecule has 1 aromatic carbocycles. The van der Waals surface area contributed by atoms with Gasteiger partial charge in [0, 0.05) is 11.7 Å². The van der Waals surface area contributed by atoms with Crippen LogP contribution in [-0.2, 0) is 9.59 Å². The molecule has 1 aliphatic heterocycles. The number of amides is 2. The van der Waals surface area contributed by atoms with Crippen molar-refractivity contribution < 1.29 is 14.3 Å². The summed E-state index contributed by atoms with van der Waals surface area (Å²) < 4.78 is 5.41.